The molecule has 1 aliphatic rings. The van der Waals surface area contributed by atoms with E-state index < -0.39 is 0 Å². The van der Waals surface area contributed by atoms with Gasteiger partial charge in [0.25, 0.3) is 0 Å². The Bertz CT molecular complexity index is 692. The van der Waals surface area contributed by atoms with Gasteiger partial charge in [-0.1, -0.05) is 30.3 Å². The van der Waals surface area contributed by atoms with Gasteiger partial charge in [0, 0.05) is 5.56 Å². The van der Waals surface area contributed by atoms with Crippen LogP contribution in [0.1, 0.15) is 30.0 Å². The van der Waals surface area contributed by atoms with Crippen LogP contribution in [0.5, 0.6) is 11.5 Å². The predicted molar refractivity (Wildman–Crippen MR) is 93.3 cm³/mol. The van der Waals surface area contributed by atoms with Crippen LogP contribution in [0.15, 0.2) is 48.5 Å². The van der Waals surface area contributed by atoms with Crippen molar-refractivity contribution >= 4 is 5.91 Å². The highest BCUT2D eigenvalue weighted by molar-refractivity contribution is 5.79. The monoisotopic (exact) mass is 325 g/mol. The summed E-state index contributed by atoms with van der Waals surface area (Å²) in [6.07, 6.45) is 2.64. The lowest BCUT2D eigenvalue weighted by molar-refractivity contribution is -0.121. The van der Waals surface area contributed by atoms with Crippen molar-refractivity contribution in [2.24, 2.45) is 5.92 Å². The highest BCUT2D eigenvalue weighted by Gasteiger charge is 2.33. The Morgan fingerprint density at radius 1 is 1.08 bits per heavy atom. The number of ether oxygens (including phenoxy) is 2. The van der Waals surface area contributed by atoms with Crippen LogP contribution in [-0.4, -0.2) is 20.1 Å². The summed E-state index contributed by atoms with van der Waals surface area (Å²) in [6.45, 7) is 0. The van der Waals surface area contributed by atoms with Gasteiger partial charge in [-0.05, 0) is 42.5 Å². The second-order valence-electron chi connectivity index (χ2n) is 6.14. The molecule has 1 fully saturated rings. The van der Waals surface area contributed by atoms with E-state index in [4.69, 9.17) is 9.47 Å². The molecule has 0 saturated heterocycles. The molecule has 0 heterocycles. The fourth-order valence-electron chi connectivity index (χ4n) is 2.96. The molecule has 1 amide bonds. The van der Waals surface area contributed by atoms with Crippen LogP contribution >= 0.6 is 0 Å². The first-order valence-electron chi connectivity index (χ1n) is 8.26. The van der Waals surface area contributed by atoms with E-state index >= 15 is 0 Å². The van der Waals surface area contributed by atoms with Crippen molar-refractivity contribution in [3.63, 3.8) is 0 Å². The number of amides is 1. The van der Waals surface area contributed by atoms with Crippen molar-refractivity contribution in [3.8, 4) is 11.5 Å². The van der Waals surface area contributed by atoms with Gasteiger partial charge >= 0.3 is 0 Å². The first kappa shape index (κ1) is 16.4. The molecule has 2 aromatic carbocycles. The SMILES string of the molecule is COc1ccc(C(NC(=O)Cc2ccccc2OC)C2CC2)cc1. The number of benzene rings is 2. The van der Waals surface area contributed by atoms with E-state index in [0.29, 0.717) is 12.3 Å². The second-order valence-corrected chi connectivity index (χ2v) is 6.14. The molecule has 3 rings (SSSR count). The van der Waals surface area contributed by atoms with E-state index in [-0.39, 0.29) is 11.9 Å². The van der Waals surface area contributed by atoms with Gasteiger partial charge in [0.05, 0.1) is 26.7 Å². The smallest absolute Gasteiger partial charge is 0.225 e. The number of carbonyl (C=O) groups excluding carboxylic acids is 1. The third-order valence-corrected chi connectivity index (χ3v) is 4.43. The van der Waals surface area contributed by atoms with Gasteiger partial charge in [-0.25, -0.2) is 0 Å². The van der Waals surface area contributed by atoms with Crippen molar-refractivity contribution in [2.45, 2.75) is 25.3 Å². The second kappa shape index (κ2) is 7.39. The van der Waals surface area contributed by atoms with Gasteiger partial charge in [-0.2, -0.15) is 0 Å². The topological polar surface area (TPSA) is 47.6 Å². The quantitative estimate of drug-likeness (QED) is 0.847. The molecule has 0 aliphatic heterocycles. The zero-order valence-electron chi connectivity index (χ0n) is 14.1. The third kappa shape index (κ3) is 3.88. The lowest BCUT2D eigenvalue weighted by Gasteiger charge is -2.19. The van der Waals surface area contributed by atoms with Crippen molar-refractivity contribution in [3.05, 3.63) is 59.7 Å². The molecule has 0 bridgehead atoms. The fraction of sp³-hybridized carbons (Fsp3) is 0.350. The van der Waals surface area contributed by atoms with Crippen LogP contribution in [0.2, 0.25) is 0 Å². The van der Waals surface area contributed by atoms with E-state index in [1.54, 1.807) is 14.2 Å². The molecule has 1 atom stereocenters. The van der Waals surface area contributed by atoms with Crippen molar-refractivity contribution in [2.75, 3.05) is 14.2 Å². The summed E-state index contributed by atoms with van der Waals surface area (Å²) >= 11 is 0. The number of rotatable bonds is 7. The Morgan fingerprint density at radius 3 is 2.42 bits per heavy atom. The Balaban J connectivity index is 1.70. The van der Waals surface area contributed by atoms with E-state index in [2.05, 4.69) is 5.32 Å². The number of hydrogen-bond donors (Lipinski definition) is 1. The zero-order valence-corrected chi connectivity index (χ0v) is 14.1. The molecule has 0 radical (unpaired) electrons. The van der Waals surface area contributed by atoms with Gasteiger partial charge < -0.3 is 14.8 Å². The van der Waals surface area contributed by atoms with E-state index in [0.717, 1.165) is 35.5 Å². The minimum Gasteiger partial charge on any atom is -0.497 e. The zero-order chi connectivity index (χ0) is 16.9. The number of carbonyl (C=O) groups is 1. The molecular formula is C20H23NO3. The summed E-state index contributed by atoms with van der Waals surface area (Å²) in [4.78, 5) is 12.5. The maximum absolute atomic E-state index is 12.5. The van der Waals surface area contributed by atoms with Crippen LogP contribution in [0, 0.1) is 5.92 Å². The lowest BCUT2D eigenvalue weighted by Crippen LogP contribution is -2.31. The normalized spacial score (nSPS) is 14.8. The van der Waals surface area contributed by atoms with Crippen molar-refractivity contribution in [1.29, 1.82) is 0 Å². The summed E-state index contributed by atoms with van der Waals surface area (Å²) in [6, 6.07) is 15.7. The Kier molecular flexibility index (Phi) is 5.04. The Labute approximate surface area is 142 Å². The lowest BCUT2D eigenvalue weighted by atomic mass is 10.0. The summed E-state index contributed by atoms with van der Waals surface area (Å²) in [5.41, 5.74) is 2.04. The first-order valence-corrected chi connectivity index (χ1v) is 8.26. The van der Waals surface area contributed by atoms with Gasteiger partial charge in [-0.3, -0.25) is 4.79 Å². The van der Waals surface area contributed by atoms with Gasteiger partial charge in [0.15, 0.2) is 0 Å². The maximum Gasteiger partial charge on any atom is 0.225 e. The Hall–Kier alpha value is -2.49. The van der Waals surface area contributed by atoms with Crippen LogP contribution < -0.4 is 14.8 Å². The molecule has 1 aliphatic carbocycles. The number of nitrogens with one attached hydrogen (secondary N) is 1. The maximum atomic E-state index is 12.5. The first-order chi connectivity index (χ1) is 11.7. The van der Waals surface area contributed by atoms with Crippen LogP contribution in [0.25, 0.3) is 0 Å². The summed E-state index contributed by atoms with van der Waals surface area (Å²) in [7, 11) is 3.28. The van der Waals surface area contributed by atoms with Gasteiger partial charge in [-0.15, -0.1) is 0 Å². The molecule has 2 aromatic rings. The van der Waals surface area contributed by atoms with Gasteiger partial charge in [0.1, 0.15) is 11.5 Å². The summed E-state index contributed by atoms with van der Waals surface area (Å²) < 4.78 is 10.5. The number of hydrogen-bond acceptors (Lipinski definition) is 3. The predicted octanol–water partition coefficient (Wildman–Crippen LogP) is 3.51. The third-order valence-electron chi connectivity index (χ3n) is 4.43. The molecule has 4 nitrogen and oxygen atoms in total. The molecule has 0 spiro atoms. The highest BCUT2D eigenvalue weighted by Crippen LogP contribution is 2.41. The minimum absolute atomic E-state index is 0.0206. The average Bonchev–Trinajstić information content (AvgIpc) is 3.45. The minimum atomic E-state index is 0.0206. The van der Waals surface area contributed by atoms with Crippen LogP contribution in [-0.2, 0) is 11.2 Å². The molecule has 1 unspecified atom stereocenters. The summed E-state index contributed by atoms with van der Waals surface area (Å²) in [5.74, 6) is 2.13. The van der Waals surface area contributed by atoms with Crippen LogP contribution in [0.4, 0.5) is 0 Å². The average molecular weight is 325 g/mol. The summed E-state index contributed by atoms with van der Waals surface area (Å²) in [5, 5.41) is 3.20. The molecule has 0 aromatic heterocycles. The molecule has 4 heteroatoms. The Morgan fingerprint density at radius 2 is 1.79 bits per heavy atom. The van der Waals surface area contributed by atoms with Crippen LogP contribution in [0.3, 0.4) is 0 Å². The standard InChI is InChI=1S/C20H23NO3/c1-23-17-11-9-15(10-12-17)20(14-7-8-14)21-19(22)13-16-5-3-4-6-18(16)24-2/h3-6,9-12,14,20H,7-8,13H2,1-2H3,(H,21,22). The van der Waals surface area contributed by atoms with Crippen molar-refractivity contribution < 1.29 is 14.3 Å². The largest absolute Gasteiger partial charge is 0.497 e. The number of methoxy groups -OCH3 is 2. The molecule has 24 heavy (non-hydrogen) atoms. The van der Waals surface area contributed by atoms with E-state index in [1.165, 1.54) is 0 Å². The molecular weight excluding hydrogens is 302 g/mol. The molecule has 126 valence electrons. The van der Waals surface area contributed by atoms with E-state index in [9.17, 15) is 4.79 Å². The number of para-hydroxylation sites is 1. The molecule has 1 N–H and O–H groups in total. The van der Waals surface area contributed by atoms with Crippen molar-refractivity contribution in [1.82, 2.24) is 5.32 Å². The van der Waals surface area contributed by atoms with Gasteiger partial charge in [0.2, 0.25) is 5.91 Å². The van der Waals surface area contributed by atoms with E-state index in [1.807, 2.05) is 48.5 Å². The molecule has 1 saturated carbocycles. The highest BCUT2D eigenvalue weighted by atomic mass is 16.5. The fourth-order valence-corrected chi connectivity index (χ4v) is 2.96.